The third kappa shape index (κ3) is 3.07. The molecule has 1 aliphatic rings. The van der Waals surface area contributed by atoms with E-state index in [2.05, 4.69) is 16.0 Å². The van der Waals surface area contributed by atoms with Crippen molar-refractivity contribution in [1.82, 2.24) is 10.6 Å². The van der Waals surface area contributed by atoms with E-state index in [4.69, 9.17) is 0 Å². The van der Waals surface area contributed by atoms with Crippen molar-refractivity contribution < 1.29 is 9.59 Å². The van der Waals surface area contributed by atoms with Gasteiger partial charge in [-0.05, 0) is 31.2 Å². The summed E-state index contributed by atoms with van der Waals surface area (Å²) in [7, 11) is 1.87. The molecule has 1 fully saturated rings. The lowest BCUT2D eigenvalue weighted by molar-refractivity contribution is -0.122. The quantitative estimate of drug-likeness (QED) is 0.730. The highest BCUT2D eigenvalue weighted by atomic mass is 16.2. The number of carbonyl (C=O) groups excluding carboxylic acids is 2. The van der Waals surface area contributed by atoms with Gasteiger partial charge in [0.15, 0.2) is 0 Å². The van der Waals surface area contributed by atoms with Crippen molar-refractivity contribution in [3.63, 3.8) is 0 Å². The number of nitrogens with one attached hydrogen (secondary N) is 3. The van der Waals surface area contributed by atoms with Crippen LogP contribution in [0.15, 0.2) is 24.3 Å². The lowest BCUT2D eigenvalue weighted by Crippen LogP contribution is -2.37. The third-order valence-electron chi connectivity index (χ3n) is 2.89. The van der Waals surface area contributed by atoms with Gasteiger partial charge >= 0.3 is 0 Å². The van der Waals surface area contributed by atoms with Crippen LogP contribution in [0, 0.1) is 0 Å². The highest BCUT2D eigenvalue weighted by Gasteiger charge is 2.26. The van der Waals surface area contributed by atoms with Gasteiger partial charge in [-0.1, -0.05) is 12.1 Å². The van der Waals surface area contributed by atoms with Crippen LogP contribution in [-0.2, 0) is 16.1 Å². The van der Waals surface area contributed by atoms with Gasteiger partial charge < -0.3 is 16.0 Å². The van der Waals surface area contributed by atoms with Crippen LogP contribution < -0.4 is 16.0 Å². The summed E-state index contributed by atoms with van der Waals surface area (Å²) >= 11 is 0. The van der Waals surface area contributed by atoms with E-state index < -0.39 is 6.04 Å². The van der Waals surface area contributed by atoms with Crippen LogP contribution in [0.5, 0.6) is 0 Å². The summed E-state index contributed by atoms with van der Waals surface area (Å²) < 4.78 is 0. The van der Waals surface area contributed by atoms with Crippen LogP contribution in [0.1, 0.15) is 18.4 Å². The molecule has 0 bridgehead atoms. The molecule has 0 radical (unpaired) electrons. The number of carbonyl (C=O) groups is 2. The zero-order chi connectivity index (χ0) is 13.0. The van der Waals surface area contributed by atoms with E-state index >= 15 is 0 Å². The lowest BCUT2D eigenvalue weighted by atomic mass is 10.1. The molecule has 2 rings (SSSR count). The molecule has 1 aliphatic heterocycles. The molecule has 1 unspecified atom stereocenters. The molecular formula is C13H17N3O2. The average molecular weight is 247 g/mol. The highest BCUT2D eigenvalue weighted by molar-refractivity contribution is 5.98. The highest BCUT2D eigenvalue weighted by Crippen LogP contribution is 2.13. The van der Waals surface area contributed by atoms with E-state index in [1.807, 2.05) is 31.3 Å². The number of hydrogen-bond acceptors (Lipinski definition) is 3. The van der Waals surface area contributed by atoms with Crippen molar-refractivity contribution in [2.45, 2.75) is 25.4 Å². The van der Waals surface area contributed by atoms with E-state index in [9.17, 15) is 9.59 Å². The van der Waals surface area contributed by atoms with E-state index in [0.717, 1.165) is 17.8 Å². The average Bonchev–Trinajstić information content (AvgIpc) is 2.77. The van der Waals surface area contributed by atoms with Gasteiger partial charge in [-0.3, -0.25) is 9.59 Å². The van der Waals surface area contributed by atoms with Gasteiger partial charge in [0.2, 0.25) is 11.8 Å². The summed E-state index contributed by atoms with van der Waals surface area (Å²) in [4.78, 5) is 22.9. The first-order chi connectivity index (χ1) is 8.69. The molecule has 2 amide bonds. The molecule has 1 saturated heterocycles. The van der Waals surface area contributed by atoms with Crippen molar-refractivity contribution in [2.75, 3.05) is 12.4 Å². The Kier molecular flexibility index (Phi) is 3.94. The van der Waals surface area contributed by atoms with Gasteiger partial charge in [0.05, 0.1) is 0 Å². The Bertz CT molecular complexity index is 459. The third-order valence-corrected chi connectivity index (χ3v) is 2.89. The summed E-state index contributed by atoms with van der Waals surface area (Å²) in [6, 6.07) is 7.25. The minimum absolute atomic E-state index is 0.0564. The van der Waals surface area contributed by atoms with Gasteiger partial charge in [-0.2, -0.15) is 0 Å². The van der Waals surface area contributed by atoms with Crippen LogP contribution >= 0.6 is 0 Å². The molecule has 3 N–H and O–H groups in total. The minimum Gasteiger partial charge on any atom is -0.344 e. The number of benzene rings is 1. The summed E-state index contributed by atoms with van der Waals surface area (Å²) in [5.74, 6) is -0.207. The molecule has 0 spiro atoms. The normalized spacial score (nSPS) is 18.5. The SMILES string of the molecule is CNCc1cccc(NC(=O)C2CCC(=O)N2)c1. The van der Waals surface area contributed by atoms with Crippen molar-refractivity contribution >= 4 is 17.5 Å². The summed E-state index contributed by atoms with van der Waals surface area (Å²) in [5, 5.41) is 8.53. The largest absolute Gasteiger partial charge is 0.344 e. The Morgan fingerprint density at radius 2 is 2.33 bits per heavy atom. The van der Waals surface area contributed by atoms with Crippen molar-refractivity contribution in [3.05, 3.63) is 29.8 Å². The lowest BCUT2D eigenvalue weighted by Gasteiger charge is -2.11. The Morgan fingerprint density at radius 1 is 1.50 bits per heavy atom. The van der Waals surface area contributed by atoms with Gasteiger partial charge in [-0.25, -0.2) is 0 Å². The Morgan fingerprint density at radius 3 is 3.00 bits per heavy atom. The summed E-state index contributed by atoms with van der Waals surface area (Å²) in [5.41, 5.74) is 1.86. The van der Waals surface area contributed by atoms with Crippen LogP contribution in [-0.4, -0.2) is 24.9 Å². The fourth-order valence-electron chi connectivity index (χ4n) is 2.00. The number of rotatable bonds is 4. The first-order valence-corrected chi connectivity index (χ1v) is 6.03. The first-order valence-electron chi connectivity index (χ1n) is 6.03. The first kappa shape index (κ1) is 12.6. The van der Waals surface area contributed by atoms with Crippen LogP contribution in [0.4, 0.5) is 5.69 Å². The predicted octanol–water partition coefficient (Wildman–Crippen LogP) is 0.623. The molecule has 1 heterocycles. The molecule has 18 heavy (non-hydrogen) atoms. The van der Waals surface area contributed by atoms with E-state index in [0.29, 0.717) is 12.8 Å². The molecule has 1 aromatic carbocycles. The molecule has 1 atom stereocenters. The smallest absolute Gasteiger partial charge is 0.246 e. The fraction of sp³-hybridized carbons (Fsp3) is 0.385. The maximum atomic E-state index is 11.9. The van der Waals surface area contributed by atoms with E-state index in [1.54, 1.807) is 0 Å². The topological polar surface area (TPSA) is 70.2 Å². The molecule has 96 valence electrons. The molecule has 5 nitrogen and oxygen atoms in total. The zero-order valence-electron chi connectivity index (χ0n) is 10.3. The second kappa shape index (κ2) is 5.64. The van der Waals surface area contributed by atoms with Crippen LogP contribution in [0.25, 0.3) is 0 Å². The van der Waals surface area contributed by atoms with Gasteiger partial charge in [-0.15, -0.1) is 0 Å². The van der Waals surface area contributed by atoms with Crippen LogP contribution in [0.3, 0.4) is 0 Å². The molecule has 5 heteroatoms. The fourth-order valence-corrected chi connectivity index (χ4v) is 2.00. The van der Waals surface area contributed by atoms with E-state index in [-0.39, 0.29) is 11.8 Å². The Hall–Kier alpha value is -1.88. The Labute approximate surface area is 106 Å². The standard InChI is InChI=1S/C13H17N3O2/c1-14-8-9-3-2-4-10(7-9)15-13(18)11-5-6-12(17)16-11/h2-4,7,11,14H,5-6,8H2,1H3,(H,15,18)(H,16,17). The number of hydrogen-bond donors (Lipinski definition) is 3. The Balaban J connectivity index is 1.98. The number of anilines is 1. The van der Waals surface area contributed by atoms with Crippen LogP contribution in [0.2, 0.25) is 0 Å². The summed E-state index contributed by atoms with van der Waals surface area (Å²) in [6.07, 6.45) is 0.999. The monoisotopic (exact) mass is 247 g/mol. The second-order valence-electron chi connectivity index (χ2n) is 4.38. The molecule has 0 saturated carbocycles. The predicted molar refractivity (Wildman–Crippen MR) is 69.0 cm³/mol. The summed E-state index contributed by atoms with van der Waals surface area (Å²) in [6.45, 7) is 0.754. The maximum Gasteiger partial charge on any atom is 0.246 e. The molecule has 0 aromatic heterocycles. The van der Waals surface area contributed by atoms with Crippen molar-refractivity contribution in [2.24, 2.45) is 0 Å². The van der Waals surface area contributed by atoms with Gasteiger partial charge in [0.25, 0.3) is 0 Å². The maximum absolute atomic E-state index is 11.9. The van der Waals surface area contributed by atoms with Crippen molar-refractivity contribution in [3.8, 4) is 0 Å². The number of amides is 2. The van der Waals surface area contributed by atoms with Crippen molar-refractivity contribution in [1.29, 1.82) is 0 Å². The van der Waals surface area contributed by atoms with Gasteiger partial charge in [0.1, 0.15) is 6.04 Å². The van der Waals surface area contributed by atoms with Gasteiger partial charge in [0, 0.05) is 18.7 Å². The second-order valence-corrected chi connectivity index (χ2v) is 4.38. The molecule has 0 aliphatic carbocycles. The van der Waals surface area contributed by atoms with E-state index in [1.165, 1.54) is 0 Å². The minimum atomic E-state index is -0.398. The molecular weight excluding hydrogens is 230 g/mol. The zero-order valence-corrected chi connectivity index (χ0v) is 10.3. The molecule has 1 aromatic rings.